The Bertz CT molecular complexity index is 573. The molecule has 0 atom stereocenters. The number of aryl methyl sites for hydroxylation is 1. The SMILES string of the molecule is Cc1ccc(N2CCN(c3ncccc3N)CC2)nc1. The molecule has 3 heterocycles. The first-order valence-electron chi connectivity index (χ1n) is 6.87. The van der Waals surface area contributed by atoms with Gasteiger partial charge in [0.1, 0.15) is 5.82 Å². The van der Waals surface area contributed by atoms with E-state index in [9.17, 15) is 0 Å². The number of nitrogens with zero attached hydrogens (tertiary/aromatic N) is 4. The predicted molar refractivity (Wildman–Crippen MR) is 82.0 cm³/mol. The van der Waals surface area contributed by atoms with E-state index in [2.05, 4.69) is 38.8 Å². The second-order valence-electron chi connectivity index (χ2n) is 5.08. The molecule has 0 unspecified atom stereocenters. The van der Waals surface area contributed by atoms with Gasteiger partial charge in [0, 0.05) is 38.6 Å². The Kier molecular flexibility index (Phi) is 3.41. The Balaban J connectivity index is 1.68. The summed E-state index contributed by atoms with van der Waals surface area (Å²) in [7, 11) is 0. The molecule has 0 spiro atoms. The van der Waals surface area contributed by atoms with Crippen LogP contribution in [0.25, 0.3) is 0 Å². The maximum Gasteiger partial charge on any atom is 0.151 e. The predicted octanol–water partition coefficient (Wildman–Crippen LogP) is 1.69. The number of hydrogen-bond acceptors (Lipinski definition) is 5. The van der Waals surface area contributed by atoms with Gasteiger partial charge in [-0.05, 0) is 30.7 Å². The summed E-state index contributed by atoms with van der Waals surface area (Å²) in [6, 6.07) is 7.95. The molecule has 0 amide bonds. The third-order valence-electron chi connectivity index (χ3n) is 3.62. The van der Waals surface area contributed by atoms with Gasteiger partial charge in [-0.3, -0.25) is 0 Å². The van der Waals surface area contributed by atoms with Crippen LogP contribution in [0, 0.1) is 6.92 Å². The van der Waals surface area contributed by atoms with Crippen molar-refractivity contribution in [1.29, 1.82) is 0 Å². The van der Waals surface area contributed by atoms with Crippen molar-refractivity contribution in [2.75, 3.05) is 41.7 Å². The van der Waals surface area contributed by atoms with Crippen LogP contribution in [-0.4, -0.2) is 36.1 Å². The van der Waals surface area contributed by atoms with Crippen molar-refractivity contribution in [2.24, 2.45) is 0 Å². The zero-order valence-electron chi connectivity index (χ0n) is 11.7. The molecule has 5 nitrogen and oxygen atoms in total. The van der Waals surface area contributed by atoms with Crippen LogP contribution >= 0.6 is 0 Å². The van der Waals surface area contributed by atoms with Gasteiger partial charge in [-0.15, -0.1) is 0 Å². The van der Waals surface area contributed by atoms with E-state index in [0.717, 1.165) is 43.5 Å². The quantitative estimate of drug-likeness (QED) is 0.899. The summed E-state index contributed by atoms with van der Waals surface area (Å²) in [5.41, 5.74) is 7.92. The minimum Gasteiger partial charge on any atom is -0.396 e. The van der Waals surface area contributed by atoms with E-state index in [-0.39, 0.29) is 0 Å². The topological polar surface area (TPSA) is 58.3 Å². The van der Waals surface area contributed by atoms with Crippen LogP contribution in [-0.2, 0) is 0 Å². The van der Waals surface area contributed by atoms with Gasteiger partial charge in [0.25, 0.3) is 0 Å². The average Bonchev–Trinajstić information content (AvgIpc) is 2.49. The van der Waals surface area contributed by atoms with Crippen molar-refractivity contribution in [1.82, 2.24) is 9.97 Å². The normalized spacial score (nSPS) is 15.4. The highest BCUT2D eigenvalue weighted by Gasteiger charge is 2.20. The van der Waals surface area contributed by atoms with Gasteiger partial charge in [0.05, 0.1) is 5.69 Å². The zero-order chi connectivity index (χ0) is 13.9. The summed E-state index contributed by atoms with van der Waals surface area (Å²) >= 11 is 0. The van der Waals surface area contributed by atoms with Crippen molar-refractivity contribution < 1.29 is 0 Å². The number of nitrogen functional groups attached to an aromatic ring is 1. The first-order chi connectivity index (χ1) is 9.74. The molecular formula is C15H19N5. The third-order valence-corrected chi connectivity index (χ3v) is 3.62. The van der Waals surface area contributed by atoms with Crippen LogP contribution in [0.3, 0.4) is 0 Å². The summed E-state index contributed by atoms with van der Waals surface area (Å²) in [6.07, 6.45) is 3.71. The monoisotopic (exact) mass is 269 g/mol. The number of anilines is 3. The Morgan fingerprint density at radius 1 is 1.00 bits per heavy atom. The lowest BCUT2D eigenvalue weighted by Gasteiger charge is -2.36. The molecule has 20 heavy (non-hydrogen) atoms. The second-order valence-corrected chi connectivity index (χ2v) is 5.08. The summed E-state index contributed by atoms with van der Waals surface area (Å²) in [5.74, 6) is 1.94. The number of nitrogens with two attached hydrogens (primary N) is 1. The standard InChI is InChI=1S/C15H19N5/c1-12-4-5-14(18-11-12)19-7-9-20(10-8-19)15-13(16)3-2-6-17-15/h2-6,11H,7-10,16H2,1H3. The van der Waals surface area contributed by atoms with E-state index in [4.69, 9.17) is 5.73 Å². The summed E-state index contributed by atoms with van der Waals surface area (Å²) in [6.45, 7) is 5.75. The molecule has 2 aromatic rings. The van der Waals surface area contributed by atoms with Crippen LogP contribution in [0.2, 0.25) is 0 Å². The van der Waals surface area contributed by atoms with Gasteiger partial charge in [0.15, 0.2) is 5.82 Å². The van der Waals surface area contributed by atoms with Crippen LogP contribution in [0.15, 0.2) is 36.7 Å². The van der Waals surface area contributed by atoms with Gasteiger partial charge in [0.2, 0.25) is 0 Å². The first-order valence-corrected chi connectivity index (χ1v) is 6.87. The minimum absolute atomic E-state index is 0.745. The molecule has 1 aliphatic heterocycles. The number of hydrogen-bond donors (Lipinski definition) is 1. The van der Waals surface area contributed by atoms with Gasteiger partial charge in [-0.1, -0.05) is 6.07 Å². The zero-order valence-corrected chi connectivity index (χ0v) is 11.7. The molecule has 0 aromatic carbocycles. The van der Waals surface area contributed by atoms with Gasteiger partial charge < -0.3 is 15.5 Å². The molecule has 0 saturated carbocycles. The van der Waals surface area contributed by atoms with Crippen molar-refractivity contribution in [3.63, 3.8) is 0 Å². The van der Waals surface area contributed by atoms with E-state index >= 15 is 0 Å². The molecular weight excluding hydrogens is 250 g/mol. The largest absolute Gasteiger partial charge is 0.396 e. The molecule has 1 fully saturated rings. The van der Waals surface area contributed by atoms with Gasteiger partial charge >= 0.3 is 0 Å². The van der Waals surface area contributed by atoms with E-state index < -0.39 is 0 Å². The fourth-order valence-electron chi connectivity index (χ4n) is 2.47. The van der Waals surface area contributed by atoms with Crippen LogP contribution in [0.4, 0.5) is 17.3 Å². The number of aromatic nitrogens is 2. The van der Waals surface area contributed by atoms with Crippen LogP contribution in [0.1, 0.15) is 5.56 Å². The average molecular weight is 269 g/mol. The molecule has 2 aromatic heterocycles. The Morgan fingerprint density at radius 2 is 1.75 bits per heavy atom. The Hall–Kier alpha value is -2.30. The highest BCUT2D eigenvalue weighted by atomic mass is 15.3. The highest BCUT2D eigenvalue weighted by Crippen LogP contribution is 2.22. The van der Waals surface area contributed by atoms with Gasteiger partial charge in [-0.2, -0.15) is 0 Å². The molecule has 1 saturated heterocycles. The fourth-order valence-corrected chi connectivity index (χ4v) is 2.47. The highest BCUT2D eigenvalue weighted by molar-refractivity contribution is 5.62. The molecule has 0 aliphatic carbocycles. The number of rotatable bonds is 2. The molecule has 3 rings (SSSR count). The smallest absolute Gasteiger partial charge is 0.151 e. The molecule has 104 valence electrons. The second kappa shape index (κ2) is 5.36. The fraction of sp³-hybridized carbons (Fsp3) is 0.333. The summed E-state index contributed by atoms with van der Waals surface area (Å²) in [4.78, 5) is 13.4. The van der Waals surface area contributed by atoms with E-state index in [1.807, 2.05) is 18.3 Å². The Labute approximate surface area is 119 Å². The van der Waals surface area contributed by atoms with E-state index in [1.165, 1.54) is 5.56 Å². The molecule has 1 aliphatic rings. The molecule has 2 N–H and O–H groups in total. The maximum absolute atomic E-state index is 5.98. The third kappa shape index (κ3) is 2.52. The Morgan fingerprint density at radius 3 is 2.40 bits per heavy atom. The summed E-state index contributed by atoms with van der Waals surface area (Å²) in [5, 5.41) is 0. The maximum atomic E-state index is 5.98. The van der Waals surface area contributed by atoms with Crippen molar-refractivity contribution in [3.8, 4) is 0 Å². The van der Waals surface area contributed by atoms with Crippen LogP contribution in [0.5, 0.6) is 0 Å². The lowest BCUT2D eigenvalue weighted by Crippen LogP contribution is -2.47. The minimum atomic E-state index is 0.745. The van der Waals surface area contributed by atoms with Crippen LogP contribution < -0.4 is 15.5 Å². The lowest BCUT2D eigenvalue weighted by atomic mass is 10.2. The molecule has 5 heteroatoms. The van der Waals surface area contributed by atoms with Crippen molar-refractivity contribution in [2.45, 2.75) is 6.92 Å². The number of pyridine rings is 2. The molecule has 0 radical (unpaired) electrons. The van der Waals surface area contributed by atoms with E-state index in [1.54, 1.807) is 6.20 Å². The lowest BCUT2D eigenvalue weighted by molar-refractivity contribution is 0.642. The number of piperazine rings is 1. The first kappa shape index (κ1) is 12.7. The van der Waals surface area contributed by atoms with Crippen molar-refractivity contribution in [3.05, 3.63) is 42.2 Å². The van der Waals surface area contributed by atoms with E-state index in [0.29, 0.717) is 0 Å². The van der Waals surface area contributed by atoms with Crippen molar-refractivity contribution >= 4 is 17.3 Å². The van der Waals surface area contributed by atoms with Gasteiger partial charge in [-0.25, -0.2) is 9.97 Å². The molecule has 0 bridgehead atoms. The summed E-state index contributed by atoms with van der Waals surface area (Å²) < 4.78 is 0.